The number of benzene rings is 1. The lowest BCUT2D eigenvalue weighted by atomic mass is 10.1. The molecule has 0 amide bonds. The molecule has 0 radical (unpaired) electrons. The van der Waals surface area contributed by atoms with Crippen LogP contribution in [0.5, 0.6) is 5.75 Å². The largest absolute Gasteiger partial charge is 0.494 e. The van der Waals surface area contributed by atoms with Crippen molar-refractivity contribution in [3.63, 3.8) is 0 Å². The monoisotopic (exact) mass is 248 g/mol. The van der Waals surface area contributed by atoms with Crippen LogP contribution in [0.15, 0.2) is 30.6 Å². The number of halogens is 1. The van der Waals surface area contributed by atoms with Gasteiger partial charge < -0.3 is 9.84 Å². The zero-order chi connectivity index (χ0) is 13.1. The Hall–Kier alpha value is -2.01. The van der Waals surface area contributed by atoms with E-state index < -0.39 is 11.9 Å². The number of aliphatic hydroxyl groups is 1. The molecule has 0 spiro atoms. The number of hydrogen-bond acceptors (Lipinski definition) is 4. The number of aliphatic hydroxyl groups excluding tert-OH is 1. The lowest BCUT2D eigenvalue weighted by Crippen LogP contribution is -2.04. The summed E-state index contributed by atoms with van der Waals surface area (Å²) < 4.78 is 18.3. The molecule has 0 saturated heterocycles. The lowest BCUT2D eigenvalue weighted by Gasteiger charge is -2.11. The van der Waals surface area contributed by atoms with Crippen LogP contribution in [0.3, 0.4) is 0 Å². The third-order valence-electron chi connectivity index (χ3n) is 2.57. The standard InChI is InChI=1S/C13H13FN2O2/c1-8-6-16-11(7-15-8)13(17)9-3-4-12(18-2)10(14)5-9/h3-7,13,17H,1-2H3. The average molecular weight is 248 g/mol. The Kier molecular flexibility index (Phi) is 3.53. The normalized spacial score (nSPS) is 12.2. The Balaban J connectivity index is 2.31. The molecule has 5 heteroatoms. The Labute approximate surface area is 104 Å². The van der Waals surface area contributed by atoms with Gasteiger partial charge in [0.25, 0.3) is 0 Å². The summed E-state index contributed by atoms with van der Waals surface area (Å²) in [5, 5.41) is 10.1. The predicted molar refractivity (Wildman–Crippen MR) is 63.8 cm³/mol. The van der Waals surface area contributed by atoms with Crippen molar-refractivity contribution in [1.29, 1.82) is 0 Å². The first-order valence-corrected chi connectivity index (χ1v) is 5.42. The topological polar surface area (TPSA) is 55.2 Å². The second kappa shape index (κ2) is 5.10. The van der Waals surface area contributed by atoms with Crippen LogP contribution in [0.2, 0.25) is 0 Å². The van der Waals surface area contributed by atoms with E-state index >= 15 is 0 Å². The van der Waals surface area contributed by atoms with Crippen LogP contribution >= 0.6 is 0 Å². The van der Waals surface area contributed by atoms with E-state index in [9.17, 15) is 9.50 Å². The fraction of sp³-hybridized carbons (Fsp3) is 0.231. The third kappa shape index (κ3) is 2.46. The molecular formula is C13H13FN2O2. The lowest BCUT2D eigenvalue weighted by molar-refractivity contribution is 0.214. The Morgan fingerprint density at radius 3 is 2.61 bits per heavy atom. The Morgan fingerprint density at radius 1 is 1.28 bits per heavy atom. The SMILES string of the molecule is COc1ccc(C(O)c2cnc(C)cn2)cc1F. The van der Waals surface area contributed by atoms with Crippen LogP contribution in [0, 0.1) is 12.7 Å². The number of nitrogens with zero attached hydrogens (tertiary/aromatic N) is 2. The molecule has 0 aliphatic carbocycles. The summed E-state index contributed by atoms with van der Waals surface area (Å²) in [6, 6.07) is 4.29. The smallest absolute Gasteiger partial charge is 0.165 e. The highest BCUT2D eigenvalue weighted by molar-refractivity contribution is 5.33. The minimum atomic E-state index is -1.00. The van der Waals surface area contributed by atoms with Gasteiger partial charge in [-0.1, -0.05) is 6.07 Å². The molecule has 18 heavy (non-hydrogen) atoms. The first kappa shape index (κ1) is 12.4. The fourth-order valence-electron chi connectivity index (χ4n) is 1.57. The molecule has 1 unspecified atom stereocenters. The van der Waals surface area contributed by atoms with E-state index in [1.807, 2.05) is 0 Å². The molecule has 0 saturated carbocycles. The predicted octanol–water partition coefficient (Wildman–Crippen LogP) is 2.01. The van der Waals surface area contributed by atoms with Crippen molar-refractivity contribution in [2.45, 2.75) is 13.0 Å². The quantitative estimate of drug-likeness (QED) is 0.902. The van der Waals surface area contributed by atoms with Crippen LogP contribution in [0.1, 0.15) is 23.1 Å². The summed E-state index contributed by atoms with van der Waals surface area (Å²) in [6.07, 6.45) is 2.03. The maximum atomic E-state index is 13.5. The van der Waals surface area contributed by atoms with Crippen molar-refractivity contribution in [3.8, 4) is 5.75 Å². The van der Waals surface area contributed by atoms with Crippen molar-refractivity contribution in [2.75, 3.05) is 7.11 Å². The van der Waals surface area contributed by atoms with Gasteiger partial charge >= 0.3 is 0 Å². The average Bonchev–Trinajstić information content (AvgIpc) is 2.38. The van der Waals surface area contributed by atoms with Crippen molar-refractivity contribution >= 4 is 0 Å². The summed E-state index contributed by atoms with van der Waals surface area (Å²) in [5.41, 5.74) is 1.54. The summed E-state index contributed by atoms with van der Waals surface area (Å²) in [4.78, 5) is 8.10. The van der Waals surface area contributed by atoms with E-state index in [1.54, 1.807) is 19.2 Å². The molecule has 0 fully saturated rings. The van der Waals surface area contributed by atoms with Gasteiger partial charge in [0.15, 0.2) is 11.6 Å². The van der Waals surface area contributed by atoms with Gasteiger partial charge in [-0.3, -0.25) is 9.97 Å². The van der Waals surface area contributed by atoms with Gasteiger partial charge in [0.1, 0.15) is 6.10 Å². The third-order valence-corrected chi connectivity index (χ3v) is 2.57. The molecule has 1 heterocycles. The molecule has 1 aromatic heterocycles. The number of methoxy groups -OCH3 is 1. The maximum Gasteiger partial charge on any atom is 0.165 e. The Morgan fingerprint density at radius 2 is 2.06 bits per heavy atom. The van der Waals surface area contributed by atoms with Crippen molar-refractivity contribution in [1.82, 2.24) is 9.97 Å². The second-order valence-corrected chi connectivity index (χ2v) is 3.88. The van der Waals surface area contributed by atoms with Crippen molar-refractivity contribution in [2.24, 2.45) is 0 Å². The van der Waals surface area contributed by atoms with E-state index in [0.29, 0.717) is 11.3 Å². The molecule has 1 atom stereocenters. The molecule has 2 aromatic rings. The summed E-state index contributed by atoms with van der Waals surface area (Å²) >= 11 is 0. The molecule has 4 nitrogen and oxygen atoms in total. The van der Waals surface area contributed by atoms with Crippen LogP contribution in [-0.4, -0.2) is 22.2 Å². The van der Waals surface area contributed by atoms with Crippen molar-refractivity contribution in [3.05, 3.63) is 53.4 Å². The zero-order valence-electron chi connectivity index (χ0n) is 10.1. The van der Waals surface area contributed by atoms with Crippen molar-refractivity contribution < 1.29 is 14.2 Å². The van der Waals surface area contributed by atoms with Gasteiger partial charge in [0.2, 0.25) is 0 Å². The van der Waals surface area contributed by atoms with Gasteiger partial charge in [0, 0.05) is 6.20 Å². The highest BCUT2D eigenvalue weighted by Crippen LogP contribution is 2.24. The van der Waals surface area contributed by atoms with Gasteiger partial charge in [0.05, 0.1) is 24.7 Å². The summed E-state index contributed by atoms with van der Waals surface area (Å²) in [7, 11) is 1.39. The van der Waals surface area contributed by atoms with Crippen LogP contribution < -0.4 is 4.74 Å². The molecular weight excluding hydrogens is 235 g/mol. The van der Waals surface area contributed by atoms with E-state index in [2.05, 4.69) is 9.97 Å². The minimum absolute atomic E-state index is 0.140. The highest BCUT2D eigenvalue weighted by atomic mass is 19.1. The number of ether oxygens (including phenoxy) is 1. The van der Waals surface area contributed by atoms with E-state index in [1.165, 1.54) is 25.4 Å². The number of rotatable bonds is 3. The van der Waals surface area contributed by atoms with Gasteiger partial charge in [-0.05, 0) is 24.6 Å². The first-order valence-electron chi connectivity index (χ1n) is 5.42. The number of aryl methyl sites for hydroxylation is 1. The van der Waals surface area contributed by atoms with Gasteiger partial charge in [-0.25, -0.2) is 4.39 Å². The van der Waals surface area contributed by atoms with E-state index in [-0.39, 0.29) is 5.75 Å². The molecule has 2 rings (SSSR count). The minimum Gasteiger partial charge on any atom is -0.494 e. The fourth-order valence-corrected chi connectivity index (χ4v) is 1.57. The van der Waals surface area contributed by atoms with E-state index in [4.69, 9.17) is 4.74 Å². The molecule has 94 valence electrons. The second-order valence-electron chi connectivity index (χ2n) is 3.88. The van der Waals surface area contributed by atoms with Crippen LogP contribution in [-0.2, 0) is 0 Å². The maximum absolute atomic E-state index is 13.5. The zero-order valence-corrected chi connectivity index (χ0v) is 10.1. The molecule has 0 bridgehead atoms. The molecule has 1 aromatic carbocycles. The number of aromatic nitrogens is 2. The number of hydrogen-bond donors (Lipinski definition) is 1. The first-order chi connectivity index (χ1) is 8.61. The molecule has 0 aliphatic rings. The highest BCUT2D eigenvalue weighted by Gasteiger charge is 2.14. The Bertz CT molecular complexity index is 543. The van der Waals surface area contributed by atoms with Crippen LogP contribution in [0.25, 0.3) is 0 Å². The summed E-state index contributed by atoms with van der Waals surface area (Å²) in [5.74, 6) is -0.380. The van der Waals surface area contributed by atoms with E-state index in [0.717, 1.165) is 5.69 Å². The van der Waals surface area contributed by atoms with Gasteiger partial charge in [-0.2, -0.15) is 0 Å². The van der Waals surface area contributed by atoms with Crippen LogP contribution in [0.4, 0.5) is 4.39 Å². The van der Waals surface area contributed by atoms with Gasteiger partial charge in [-0.15, -0.1) is 0 Å². The molecule has 0 aliphatic heterocycles. The summed E-state index contributed by atoms with van der Waals surface area (Å²) in [6.45, 7) is 1.80. The molecule has 1 N–H and O–H groups in total.